The number of hydrogen-bond donors (Lipinski definition) is 2. The van der Waals surface area contributed by atoms with E-state index in [4.69, 9.17) is 0 Å². The SMILES string of the molecule is Cc1csc(CNCC2CNc3cc(C)nn3C2)n1. The summed E-state index contributed by atoms with van der Waals surface area (Å²) >= 11 is 1.72. The Kier molecular flexibility index (Phi) is 3.52. The van der Waals surface area contributed by atoms with Gasteiger partial charge in [-0.15, -0.1) is 11.3 Å². The first-order chi connectivity index (χ1) is 9.20. The average Bonchev–Trinajstić information content (AvgIpc) is 2.94. The molecule has 2 aromatic rings. The zero-order valence-electron chi connectivity index (χ0n) is 11.3. The van der Waals surface area contributed by atoms with Gasteiger partial charge in [0.25, 0.3) is 0 Å². The molecule has 3 rings (SSSR count). The molecule has 0 amide bonds. The maximum Gasteiger partial charge on any atom is 0.124 e. The van der Waals surface area contributed by atoms with E-state index < -0.39 is 0 Å². The fourth-order valence-corrected chi connectivity index (χ4v) is 3.13. The van der Waals surface area contributed by atoms with Crippen LogP contribution in [0.4, 0.5) is 5.82 Å². The predicted molar refractivity (Wildman–Crippen MR) is 77.5 cm³/mol. The van der Waals surface area contributed by atoms with E-state index in [1.54, 1.807) is 11.3 Å². The Morgan fingerprint density at radius 2 is 2.37 bits per heavy atom. The summed E-state index contributed by atoms with van der Waals surface area (Å²) in [5.74, 6) is 1.72. The van der Waals surface area contributed by atoms with E-state index in [1.807, 2.05) is 13.8 Å². The van der Waals surface area contributed by atoms with Crippen LogP contribution in [0.15, 0.2) is 11.4 Å². The number of aryl methyl sites for hydroxylation is 2. The molecule has 2 aromatic heterocycles. The minimum Gasteiger partial charge on any atom is -0.370 e. The summed E-state index contributed by atoms with van der Waals surface area (Å²) in [7, 11) is 0. The lowest BCUT2D eigenvalue weighted by atomic mass is 10.1. The Morgan fingerprint density at radius 1 is 1.47 bits per heavy atom. The molecule has 1 atom stereocenters. The minimum absolute atomic E-state index is 0.577. The van der Waals surface area contributed by atoms with Gasteiger partial charge < -0.3 is 10.6 Å². The maximum atomic E-state index is 4.49. The normalized spacial score (nSPS) is 18.1. The van der Waals surface area contributed by atoms with Crippen LogP contribution in [0.1, 0.15) is 16.4 Å². The first kappa shape index (κ1) is 12.6. The summed E-state index contributed by atoms with van der Waals surface area (Å²) in [5, 5.41) is 14.7. The summed E-state index contributed by atoms with van der Waals surface area (Å²) in [6.07, 6.45) is 0. The van der Waals surface area contributed by atoms with Gasteiger partial charge in [-0.25, -0.2) is 9.67 Å². The summed E-state index contributed by atoms with van der Waals surface area (Å²) < 4.78 is 2.07. The number of hydrogen-bond acceptors (Lipinski definition) is 5. The van der Waals surface area contributed by atoms with Crippen molar-refractivity contribution in [1.82, 2.24) is 20.1 Å². The van der Waals surface area contributed by atoms with Gasteiger partial charge in [-0.05, 0) is 13.8 Å². The fraction of sp³-hybridized carbons (Fsp3) is 0.538. The van der Waals surface area contributed by atoms with Crippen LogP contribution in [-0.2, 0) is 13.1 Å². The Hall–Kier alpha value is -1.40. The summed E-state index contributed by atoms with van der Waals surface area (Å²) in [6, 6.07) is 2.10. The first-order valence-electron chi connectivity index (χ1n) is 6.61. The molecule has 0 spiro atoms. The van der Waals surface area contributed by atoms with Gasteiger partial charge in [0.05, 0.1) is 5.69 Å². The quantitative estimate of drug-likeness (QED) is 0.894. The van der Waals surface area contributed by atoms with Crippen LogP contribution in [0.3, 0.4) is 0 Å². The molecule has 102 valence electrons. The molecular weight excluding hydrogens is 258 g/mol. The summed E-state index contributed by atoms with van der Waals surface area (Å²) in [4.78, 5) is 4.46. The maximum absolute atomic E-state index is 4.49. The van der Waals surface area contributed by atoms with Crippen LogP contribution < -0.4 is 10.6 Å². The lowest BCUT2D eigenvalue weighted by molar-refractivity contribution is 0.390. The standard InChI is InChI=1S/C13H19N5S/c1-9-3-12-15-5-11(7-18(12)17-9)4-14-6-13-16-10(2)8-19-13/h3,8,11,14-15H,4-7H2,1-2H3. The highest BCUT2D eigenvalue weighted by Gasteiger charge is 2.18. The molecule has 0 saturated heterocycles. The summed E-state index contributed by atoms with van der Waals surface area (Å²) in [6.45, 7) is 7.91. The molecule has 3 heterocycles. The molecule has 1 unspecified atom stereocenters. The lowest BCUT2D eigenvalue weighted by Crippen LogP contribution is -2.35. The zero-order chi connectivity index (χ0) is 13.2. The molecule has 0 bridgehead atoms. The van der Waals surface area contributed by atoms with Gasteiger partial charge in [0, 0.05) is 49.2 Å². The van der Waals surface area contributed by atoms with Crippen molar-refractivity contribution < 1.29 is 0 Å². The molecule has 0 aliphatic carbocycles. The number of aromatic nitrogens is 3. The average molecular weight is 277 g/mol. The molecule has 2 N–H and O–H groups in total. The van der Waals surface area contributed by atoms with Crippen molar-refractivity contribution in [2.75, 3.05) is 18.4 Å². The topological polar surface area (TPSA) is 54.8 Å². The van der Waals surface area contributed by atoms with Gasteiger partial charge in [0.15, 0.2) is 0 Å². The van der Waals surface area contributed by atoms with Crippen molar-refractivity contribution in [3.05, 3.63) is 27.8 Å². The Morgan fingerprint density at radius 3 is 3.16 bits per heavy atom. The third kappa shape index (κ3) is 2.96. The number of thiazole rings is 1. The lowest BCUT2D eigenvalue weighted by Gasteiger charge is -2.24. The van der Waals surface area contributed by atoms with Crippen molar-refractivity contribution in [2.45, 2.75) is 26.9 Å². The number of nitrogens with one attached hydrogen (secondary N) is 2. The molecule has 0 fully saturated rings. The van der Waals surface area contributed by atoms with E-state index in [2.05, 4.69) is 36.8 Å². The van der Waals surface area contributed by atoms with Crippen molar-refractivity contribution >= 4 is 17.2 Å². The van der Waals surface area contributed by atoms with Gasteiger partial charge in [0.1, 0.15) is 10.8 Å². The first-order valence-corrected chi connectivity index (χ1v) is 7.49. The van der Waals surface area contributed by atoms with E-state index in [0.717, 1.165) is 48.4 Å². The van der Waals surface area contributed by atoms with E-state index in [-0.39, 0.29) is 0 Å². The number of anilines is 1. The van der Waals surface area contributed by atoms with Crippen molar-refractivity contribution in [1.29, 1.82) is 0 Å². The molecule has 1 aliphatic rings. The van der Waals surface area contributed by atoms with Crippen molar-refractivity contribution in [3.63, 3.8) is 0 Å². The van der Waals surface area contributed by atoms with E-state index in [0.29, 0.717) is 5.92 Å². The number of rotatable bonds is 4. The van der Waals surface area contributed by atoms with Crippen LogP contribution in [-0.4, -0.2) is 27.9 Å². The van der Waals surface area contributed by atoms with Crippen LogP contribution in [0.5, 0.6) is 0 Å². The second-order valence-electron chi connectivity index (χ2n) is 5.11. The van der Waals surface area contributed by atoms with Gasteiger partial charge in [-0.1, -0.05) is 0 Å². The highest BCUT2D eigenvalue weighted by Crippen LogP contribution is 2.18. The molecule has 5 nitrogen and oxygen atoms in total. The summed E-state index contributed by atoms with van der Waals surface area (Å²) in [5.41, 5.74) is 2.19. The van der Waals surface area contributed by atoms with Crippen LogP contribution in [0.25, 0.3) is 0 Å². The van der Waals surface area contributed by atoms with Gasteiger partial charge in [0.2, 0.25) is 0 Å². The van der Waals surface area contributed by atoms with Gasteiger partial charge in [-0.2, -0.15) is 5.10 Å². The zero-order valence-corrected chi connectivity index (χ0v) is 12.1. The van der Waals surface area contributed by atoms with Gasteiger partial charge in [-0.3, -0.25) is 0 Å². The molecular formula is C13H19N5S. The number of fused-ring (bicyclic) bond motifs is 1. The third-order valence-corrected chi connectivity index (χ3v) is 4.25. The van der Waals surface area contributed by atoms with Crippen LogP contribution in [0.2, 0.25) is 0 Å². The molecule has 0 saturated carbocycles. The van der Waals surface area contributed by atoms with Gasteiger partial charge >= 0.3 is 0 Å². The minimum atomic E-state index is 0.577. The van der Waals surface area contributed by atoms with Crippen LogP contribution in [0, 0.1) is 19.8 Å². The third-order valence-electron chi connectivity index (χ3n) is 3.28. The Labute approximate surface area is 117 Å². The Balaban J connectivity index is 1.49. The largest absolute Gasteiger partial charge is 0.370 e. The molecule has 19 heavy (non-hydrogen) atoms. The monoisotopic (exact) mass is 277 g/mol. The highest BCUT2D eigenvalue weighted by molar-refractivity contribution is 7.09. The molecule has 1 aliphatic heterocycles. The highest BCUT2D eigenvalue weighted by atomic mass is 32.1. The van der Waals surface area contributed by atoms with E-state index in [1.165, 1.54) is 0 Å². The van der Waals surface area contributed by atoms with E-state index >= 15 is 0 Å². The number of nitrogens with zero attached hydrogens (tertiary/aromatic N) is 3. The van der Waals surface area contributed by atoms with Crippen LogP contribution >= 0.6 is 11.3 Å². The molecule has 0 radical (unpaired) electrons. The second kappa shape index (κ2) is 5.30. The van der Waals surface area contributed by atoms with Crippen molar-refractivity contribution in [3.8, 4) is 0 Å². The predicted octanol–water partition coefficient (Wildman–Crippen LogP) is 1.79. The van der Waals surface area contributed by atoms with E-state index in [9.17, 15) is 0 Å². The second-order valence-corrected chi connectivity index (χ2v) is 6.06. The fourth-order valence-electron chi connectivity index (χ4n) is 2.39. The molecule has 0 aromatic carbocycles. The molecule has 6 heteroatoms. The smallest absolute Gasteiger partial charge is 0.124 e. The van der Waals surface area contributed by atoms with Crippen molar-refractivity contribution in [2.24, 2.45) is 5.92 Å². The Bertz CT molecular complexity index is 559.